The Labute approximate surface area is 248 Å². The first-order valence-corrected chi connectivity index (χ1v) is 14.6. The zero-order valence-electron chi connectivity index (χ0n) is 23.5. The van der Waals surface area contributed by atoms with E-state index in [1.165, 1.54) is 72.1 Å². The van der Waals surface area contributed by atoms with Gasteiger partial charge < -0.3 is 9.30 Å². The summed E-state index contributed by atoms with van der Waals surface area (Å²) < 4.78 is 110. The number of para-hydroxylation sites is 1. The smallest absolute Gasteiger partial charge is 0.405 e. The number of imidazole rings is 1. The highest BCUT2D eigenvalue weighted by Crippen LogP contribution is 2.37. The summed E-state index contributed by atoms with van der Waals surface area (Å²) in [6.45, 7) is 5.35. The number of ether oxygens (including phenoxy) is 1. The third-order valence-electron chi connectivity index (χ3n) is 6.30. The number of nitrogens with zero attached hydrogens (tertiary/aromatic N) is 5. The lowest BCUT2D eigenvalue weighted by molar-refractivity contribution is -0.274. The molecule has 0 aliphatic heterocycles. The Balaban J connectivity index is 1.90. The summed E-state index contributed by atoms with van der Waals surface area (Å²) in [6.07, 6.45) is -8.08. The molecule has 4 rings (SSSR count). The lowest BCUT2D eigenvalue weighted by Crippen LogP contribution is -2.20. The van der Waals surface area contributed by atoms with E-state index in [1.807, 2.05) is 0 Å². The van der Waals surface area contributed by atoms with Crippen LogP contribution >= 0.6 is 0 Å². The molecular weight excluding hydrogens is 612 g/mol. The maximum absolute atomic E-state index is 13.5. The maximum Gasteiger partial charge on any atom is 0.573 e. The Morgan fingerprint density at radius 1 is 1.00 bits per heavy atom. The number of aromatic nitrogens is 2. The van der Waals surface area contributed by atoms with Gasteiger partial charge in [0.1, 0.15) is 11.6 Å². The number of alkyl halides is 6. The monoisotopic (exact) mass is 637 g/mol. The fourth-order valence-corrected chi connectivity index (χ4v) is 5.04. The minimum Gasteiger partial charge on any atom is -0.405 e. The lowest BCUT2D eigenvalue weighted by atomic mass is 10.0. The predicted octanol–water partition coefficient (Wildman–Crippen LogP) is 7.73. The lowest BCUT2D eigenvalue weighted by Gasteiger charge is -2.25. The molecule has 0 radical (unpaired) electrons. The standard InChI is InChI=1S/C29H25F6N5O3S/c1-18(14-22-8-5-6-11-26(22)43-29(33,34)35)40(38-36-3)25-16-21(20-9-7-10-23(15-20)44(4,41)42)12-13-24(25)39-17-27(28(30,31)32)37-19(39)2/h5-13,15-17H,1,14H2,2-4H3. The highest BCUT2D eigenvalue weighted by molar-refractivity contribution is 7.90. The number of hydrogen-bond acceptors (Lipinski definition) is 6. The van der Waals surface area contributed by atoms with Crippen LogP contribution in [0, 0.1) is 6.92 Å². The van der Waals surface area contributed by atoms with Gasteiger partial charge in [0.15, 0.2) is 15.5 Å². The highest BCUT2D eigenvalue weighted by atomic mass is 32.2. The fraction of sp³-hybridized carbons (Fsp3) is 0.207. The average molecular weight is 638 g/mol. The highest BCUT2D eigenvalue weighted by Gasteiger charge is 2.35. The van der Waals surface area contributed by atoms with Crippen LogP contribution in [0.5, 0.6) is 5.75 Å². The van der Waals surface area contributed by atoms with Crippen LogP contribution in [0.2, 0.25) is 0 Å². The first-order valence-electron chi connectivity index (χ1n) is 12.7. The van der Waals surface area contributed by atoms with Crippen molar-refractivity contribution in [1.29, 1.82) is 0 Å². The molecule has 0 N–H and O–H groups in total. The number of aryl methyl sites for hydroxylation is 1. The van der Waals surface area contributed by atoms with Crippen LogP contribution in [-0.2, 0) is 22.4 Å². The number of rotatable bonds is 9. The minimum absolute atomic E-state index is 0.0201. The average Bonchev–Trinajstić information content (AvgIpc) is 3.33. The number of sulfone groups is 1. The van der Waals surface area contributed by atoms with Crippen molar-refractivity contribution >= 4 is 15.5 Å². The van der Waals surface area contributed by atoms with Crippen LogP contribution in [0.15, 0.2) is 100 Å². The van der Waals surface area contributed by atoms with Crippen molar-refractivity contribution < 1.29 is 39.5 Å². The maximum atomic E-state index is 13.5. The van der Waals surface area contributed by atoms with E-state index >= 15 is 0 Å². The summed E-state index contributed by atoms with van der Waals surface area (Å²) in [5, 5.41) is 9.08. The number of hydrogen-bond donors (Lipinski definition) is 0. The Kier molecular flexibility index (Phi) is 8.91. The number of benzene rings is 3. The first kappa shape index (κ1) is 32.3. The van der Waals surface area contributed by atoms with E-state index in [0.29, 0.717) is 11.1 Å². The van der Waals surface area contributed by atoms with E-state index in [1.54, 1.807) is 12.1 Å². The molecule has 0 saturated carbocycles. The molecule has 232 valence electrons. The van der Waals surface area contributed by atoms with Crippen molar-refractivity contribution in [3.8, 4) is 22.6 Å². The topological polar surface area (TPSA) is 89.1 Å². The molecule has 0 bridgehead atoms. The molecule has 0 aliphatic carbocycles. The van der Waals surface area contributed by atoms with E-state index in [2.05, 4.69) is 26.6 Å². The van der Waals surface area contributed by atoms with Gasteiger partial charge in [-0.1, -0.05) is 48.2 Å². The molecule has 0 fully saturated rings. The summed E-state index contributed by atoms with van der Waals surface area (Å²) in [5.74, 6) is -0.491. The van der Waals surface area contributed by atoms with Gasteiger partial charge in [-0.15, -0.1) is 13.2 Å². The van der Waals surface area contributed by atoms with Gasteiger partial charge in [0.2, 0.25) is 0 Å². The van der Waals surface area contributed by atoms with Gasteiger partial charge in [-0.05, 0) is 48.4 Å². The third kappa shape index (κ3) is 7.45. The first-order chi connectivity index (χ1) is 20.5. The van der Waals surface area contributed by atoms with Crippen molar-refractivity contribution in [3.05, 3.63) is 102 Å². The van der Waals surface area contributed by atoms with E-state index in [9.17, 15) is 34.8 Å². The second-order valence-electron chi connectivity index (χ2n) is 9.54. The fourth-order valence-electron chi connectivity index (χ4n) is 4.38. The largest absolute Gasteiger partial charge is 0.573 e. The Morgan fingerprint density at radius 2 is 1.68 bits per heavy atom. The molecule has 0 aliphatic rings. The normalized spacial score (nSPS) is 12.5. The number of anilines is 1. The SMILES string of the molecule is C=C(Cc1ccccc1OC(F)(F)F)N(N=NC)c1cc(-c2cccc(S(C)(=O)=O)c2)ccc1-n1cc(C(F)(F)F)nc1C. The molecule has 15 heteroatoms. The summed E-state index contributed by atoms with van der Waals surface area (Å²) in [4.78, 5) is 3.67. The van der Waals surface area contributed by atoms with Gasteiger partial charge in [-0.25, -0.2) is 18.4 Å². The molecule has 0 saturated heterocycles. The zero-order valence-corrected chi connectivity index (χ0v) is 24.3. The van der Waals surface area contributed by atoms with Crippen LogP contribution in [0.1, 0.15) is 17.1 Å². The van der Waals surface area contributed by atoms with Crippen LogP contribution in [0.3, 0.4) is 0 Å². The quantitative estimate of drug-likeness (QED) is 0.107. The number of halogens is 6. The van der Waals surface area contributed by atoms with Crippen molar-refractivity contribution in [2.24, 2.45) is 10.3 Å². The van der Waals surface area contributed by atoms with Crippen LogP contribution in [0.25, 0.3) is 16.8 Å². The molecule has 1 aromatic heterocycles. The molecule has 0 atom stereocenters. The minimum atomic E-state index is -4.96. The van der Waals surface area contributed by atoms with Gasteiger partial charge in [-0.2, -0.15) is 18.3 Å². The summed E-state index contributed by atoms with van der Waals surface area (Å²) in [5.41, 5.74) is 0.239. The van der Waals surface area contributed by atoms with Crippen LogP contribution in [-0.4, -0.2) is 37.6 Å². The van der Waals surface area contributed by atoms with E-state index in [4.69, 9.17) is 0 Å². The molecule has 3 aromatic carbocycles. The van der Waals surface area contributed by atoms with Crippen LogP contribution < -0.4 is 9.75 Å². The van der Waals surface area contributed by atoms with Gasteiger partial charge >= 0.3 is 12.5 Å². The predicted molar refractivity (Wildman–Crippen MR) is 151 cm³/mol. The number of allylic oxidation sites excluding steroid dienone is 1. The van der Waals surface area contributed by atoms with E-state index in [-0.39, 0.29) is 39.8 Å². The van der Waals surface area contributed by atoms with Crippen LogP contribution in [0.4, 0.5) is 32.0 Å². The molecular formula is C29H25F6N5O3S. The summed E-state index contributed by atoms with van der Waals surface area (Å²) in [7, 11) is -2.25. The molecule has 0 spiro atoms. The molecule has 8 nitrogen and oxygen atoms in total. The second-order valence-corrected chi connectivity index (χ2v) is 11.6. The molecule has 0 amide bonds. The Morgan fingerprint density at radius 3 is 2.30 bits per heavy atom. The molecule has 1 heterocycles. The molecule has 44 heavy (non-hydrogen) atoms. The van der Waals surface area contributed by atoms with E-state index < -0.39 is 33.8 Å². The summed E-state index contributed by atoms with van der Waals surface area (Å²) in [6, 6.07) is 16.0. The van der Waals surface area contributed by atoms with Gasteiger partial charge in [0.25, 0.3) is 0 Å². The van der Waals surface area contributed by atoms with Crippen molar-refractivity contribution in [2.75, 3.05) is 18.3 Å². The summed E-state index contributed by atoms with van der Waals surface area (Å²) >= 11 is 0. The van der Waals surface area contributed by atoms with Crippen molar-refractivity contribution in [3.63, 3.8) is 0 Å². The van der Waals surface area contributed by atoms with Gasteiger partial charge in [-0.3, -0.25) is 0 Å². The second kappa shape index (κ2) is 12.1. The Hall–Kier alpha value is -4.66. The molecule has 4 aromatic rings. The van der Waals surface area contributed by atoms with Gasteiger partial charge in [0, 0.05) is 30.1 Å². The third-order valence-corrected chi connectivity index (χ3v) is 7.41. The Bertz CT molecular complexity index is 1830. The zero-order chi connectivity index (χ0) is 32.4. The van der Waals surface area contributed by atoms with E-state index in [0.717, 1.165) is 18.5 Å². The van der Waals surface area contributed by atoms with Gasteiger partial charge in [0.05, 0.1) is 23.3 Å². The molecule has 0 unspecified atom stereocenters. The van der Waals surface area contributed by atoms with Crippen molar-refractivity contribution in [1.82, 2.24) is 9.55 Å². The van der Waals surface area contributed by atoms with Crippen molar-refractivity contribution in [2.45, 2.75) is 30.8 Å².